The van der Waals surface area contributed by atoms with Crippen molar-refractivity contribution in [3.05, 3.63) is 45.7 Å². The van der Waals surface area contributed by atoms with Gasteiger partial charge in [-0.05, 0) is 18.1 Å². The summed E-state index contributed by atoms with van der Waals surface area (Å²) < 4.78 is 39.1. The summed E-state index contributed by atoms with van der Waals surface area (Å²) in [6, 6.07) is 6.70. The van der Waals surface area contributed by atoms with Crippen molar-refractivity contribution in [1.82, 2.24) is 9.55 Å². The lowest BCUT2D eigenvalue weighted by atomic mass is 10.0. The molecule has 0 aliphatic carbocycles. The summed E-state index contributed by atoms with van der Waals surface area (Å²) in [6.07, 6.45) is -4.55. The number of aromatic nitrogens is 2. The van der Waals surface area contributed by atoms with E-state index >= 15 is 0 Å². The molecule has 3 aromatic rings. The second kappa shape index (κ2) is 5.38. The van der Waals surface area contributed by atoms with Crippen LogP contribution in [0.1, 0.15) is 5.56 Å². The lowest BCUT2D eigenvalue weighted by Gasteiger charge is -2.14. The first-order chi connectivity index (χ1) is 10.8. The third-order valence-electron chi connectivity index (χ3n) is 3.47. The zero-order chi connectivity index (χ0) is 16.8. The fraction of sp³-hybridized carbons (Fsp3) is 0.200. The number of aromatic hydroxyl groups is 1. The van der Waals surface area contributed by atoms with Gasteiger partial charge >= 0.3 is 6.18 Å². The zero-order valence-corrected chi connectivity index (χ0v) is 12.7. The average Bonchev–Trinajstić information content (AvgIpc) is 2.94. The highest BCUT2D eigenvalue weighted by Gasteiger charge is 2.31. The number of aryl methyl sites for hydroxylation is 1. The normalized spacial score (nSPS) is 12.0. The number of hydrogen-bond acceptors (Lipinski definition) is 4. The lowest BCUT2D eigenvalue weighted by molar-refractivity contribution is -0.140. The van der Waals surface area contributed by atoms with Gasteiger partial charge in [-0.15, -0.1) is 11.3 Å². The van der Waals surface area contributed by atoms with Gasteiger partial charge in [0.2, 0.25) is 0 Å². The predicted octanol–water partition coefficient (Wildman–Crippen LogP) is 3.70. The van der Waals surface area contributed by atoms with Crippen LogP contribution in [0.5, 0.6) is 5.75 Å². The van der Waals surface area contributed by atoms with Gasteiger partial charge in [-0.2, -0.15) is 13.2 Å². The molecule has 0 saturated carbocycles. The highest BCUT2D eigenvalue weighted by atomic mass is 32.1. The second-order valence-electron chi connectivity index (χ2n) is 5.05. The number of thiazole rings is 1. The van der Waals surface area contributed by atoms with Crippen LogP contribution >= 0.6 is 11.3 Å². The number of rotatable bonds is 2. The van der Waals surface area contributed by atoms with E-state index < -0.39 is 18.3 Å². The lowest BCUT2D eigenvalue weighted by Crippen LogP contribution is -2.29. The van der Waals surface area contributed by atoms with Crippen LogP contribution in [0, 0.1) is 6.92 Å². The van der Waals surface area contributed by atoms with Crippen LogP contribution in [0.3, 0.4) is 0 Å². The molecular formula is C15H11F3N2O2S. The Hall–Kier alpha value is -2.35. The van der Waals surface area contributed by atoms with Crippen LogP contribution in [0.4, 0.5) is 13.2 Å². The van der Waals surface area contributed by atoms with Crippen LogP contribution in [0.25, 0.3) is 21.5 Å². The Bertz CT molecular complexity index is 944. The van der Waals surface area contributed by atoms with Gasteiger partial charge in [0.1, 0.15) is 16.9 Å². The number of benzene rings is 1. The van der Waals surface area contributed by atoms with E-state index in [4.69, 9.17) is 0 Å². The molecule has 0 saturated heterocycles. The van der Waals surface area contributed by atoms with E-state index in [2.05, 4.69) is 4.98 Å². The Balaban J connectivity index is 2.40. The summed E-state index contributed by atoms with van der Waals surface area (Å²) in [4.78, 5) is 16.5. The van der Waals surface area contributed by atoms with Crippen LogP contribution < -0.4 is 5.56 Å². The van der Waals surface area contributed by atoms with E-state index in [-0.39, 0.29) is 21.7 Å². The van der Waals surface area contributed by atoms with Gasteiger partial charge < -0.3 is 5.11 Å². The van der Waals surface area contributed by atoms with Crippen molar-refractivity contribution < 1.29 is 18.3 Å². The first kappa shape index (κ1) is 15.5. The van der Waals surface area contributed by atoms with Gasteiger partial charge in [0, 0.05) is 0 Å². The van der Waals surface area contributed by atoms with Gasteiger partial charge in [-0.3, -0.25) is 9.36 Å². The molecule has 0 aliphatic heterocycles. The van der Waals surface area contributed by atoms with Crippen molar-refractivity contribution in [1.29, 1.82) is 0 Å². The molecule has 8 heteroatoms. The molecular weight excluding hydrogens is 329 g/mol. The van der Waals surface area contributed by atoms with Crippen LogP contribution in [-0.2, 0) is 6.54 Å². The summed E-state index contributed by atoms with van der Waals surface area (Å²) in [5.74, 6) is -0.390. The van der Waals surface area contributed by atoms with Crippen LogP contribution in [0.2, 0.25) is 0 Å². The smallest absolute Gasteiger partial charge is 0.406 e. The van der Waals surface area contributed by atoms with E-state index in [0.717, 1.165) is 11.3 Å². The quantitative estimate of drug-likeness (QED) is 0.774. The molecule has 4 nitrogen and oxygen atoms in total. The minimum absolute atomic E-state index is 0.00200. The summed E-state index contributed by atoms with van der Waals surface area (Å²) in [5, 5.41) is 10.4. The summed E-state index contributed by atoms with van der Waals surface area (Å²) in [5.41, 5.74) is 1.32. The number of hydrogen-bond donors (Lipinski definition) is 1. The van der Waals surface area contributed by atoms with Gasteiger partial charge in [-0.25, -0.2) is 4.98 Å². The van der Waals surface area contributed by atoms with Crippen molar-refractivity contribution in [3.63, 3.8) is 0 Å². The zero-order valence-electron chi connectivity index (χ0n) is 11.9. The number of pyridine rings is 1. The molecule has 1 aromatic carbocycles. The SMILES string of the molecule is Cc1ccccc1-c1c(O)c2ncsc2n(CC(F)(F)F)c1=O. The Morgan fingerprint density at radius 1 is 1.30 bits per heavy atom. The fourth-order valence-electron chi connectivity index (χ4n) is 2.46. The molecule has 0 fully saturated rings. The molecule has 1 N–H and O–H groups in total. The first-order valence-electron chi connectivity index (χ1n) is 6.61. The molecule has 0 spiro atoms. The van der Waals surface area contributed by atoms with Crippen molar-refractivity contribution in [2.45, 2.75) is 19.6 Å². The molecule has 0 unspecified atom stereocenters. The molecule has 0 aliphatic rings. The maximum atomic E-state index is 12.8. The number of nitrogens with zero attached hydrogens (tertiary/aromatic N) is 2. The van der Waals surface area contributed by atoms with Gasteiger partial charge in [0.05, 0.1) is 11.1 Å². The highest BCUT2D eigenvalue weighted by Crippen LogP contribution is 2.35. The maximum absolute atomic E-state index is 12.8. The molecule has 120 valence electrons. The van der Waals surface area contributed by atoms with Crippen LogP contribution in [0.15, 0.2) is 34.6 Å². The predicted molar refractivity (Wildman–Crippen MR) is 81.8 cm³/mol. The largest absolute Gasteiger partial charge is 0.505 e. The molecule has 0 radical (unpaired) electrons. The number of halogens is 3. The van der Waals surface area contributed by atoms with E-state index in [9.17, 15) is 23.1 Å². The maximum Gasteiger partial charge on any atom is 0.406 e. The Morgan fingerprint density at radius 3 is 2.65 bits per heavy atom. The third kappa shape index (κ3) is 2.70. The Kier molecular flexibility index (Phi) is 3.63. The fourth-order valence-corrected chi connectivity index (χ4v) is 3.25. The Labute approximate surface area is 132 Å². The molecule has 0 bridgehead atoms. The van der Waals surface area contributed by atoms with Crippen LogP contribution in [-0.4, -0.2) is 20.8 Å². The molecule has 2 aromatic heterocycles. The second-order valence-corrected chi connectivity index (χ2v) is 5.88. The van der Waals surface area contributed by atoms with Gasteiger partial charge in [0.25, 0.3) is 5.56 Å². The van der Waals surface area contributed by atoms with E-state index in [1.54, 1.807) is 31.2 Å². The number of alkyl halides is 3. The summed E-state index contributed by atoms with van der Waals surface area (Å²) >= 11 is 0.883. The van der Waals surface area contributed by atoms with Crippen molar-refractivity contribution in [2.75, 3.05) is 0 Å². The molecule has 23 heavy (non-hydrogen) atoms. The minimum atomic E-state index is -4.55. The molecule has 3 rings (SSSR count). The van der Waals surface area contributed by atoms with Gasteiger partial charge in [0.15, 0.2) is 5.75 Å². The highest BCUT2D eigenvalue weighted by molar-refractivity contribution is 7.16. The average molecular weight is 340 g/mol. The standard InChI is InChI=1S/C15H11F3N2O2S/c1-8-4-2-3-5-9(8)10-12(21)11-14(23-7-19-11)20(13(10)22)6-15(16,17)18/h2-5,7,21H,6H2,1H3. The molecule has 0 amide bonds. The van der Waals surface area contributed by atoms with Crippen molar-refractivity contribution in [2.24, 2.45) is 0 Å². The monoisotopic (exact) mass is 340 g/mol. The first-order valence-corrected chi connectivity index (χ1v) is 7.49. The van der Waals surface area contributed by atoms with Gasteiger partial charge in [-0.1, -0.05) is 24.3 Å². The topological polar surface area (TPSA) is 55.1 Å². The molecule has 0 atom stereocenters. The Morgan fingerprint density at radius 2 is 2.00 bits per heavy atom. The van der Waals surface area contributed by atoms with E-state index in [1.807, 2.05) is 0 Å². The van der Waals surface area contributed by atoms with E-state index in [0.29, 0.717) is 15.7 Å². The van der Waals surface area contributed by atoms with Crippen molar-refractivity contribution >= 4 is 21.7 Å². The van der Waals surface area contributed by atoms with Crippen molar-refractivity contribution in [3.8, 4) is 16.9 Å². The van der Waals surface area contributed by atoms with E-state index in [1.165, 1.54) is 5.51 Å². The number of fused-ring (bicyclic) bond motifs is 1. The minimum Gasteiger partial charge on any atom is -0.505 e. The third-order valence-corrected chi connectivity index (χ3v) is 4.31. The summed E-state index contributed by atoms with van der Waals surface area (Å²) in [6.45, 7) is 0.289. The molecule has 2 heterocycles. The summed E-state index contributed by atoms with van der Waals surface area (Å²) in [7, 11) is 0.